The van der Waals surface area contributed by atoms with Gasteiger partial charge in [-0.1, -0.05) is 29.8 Å². The van der Waals surface area contributed by atoms with Crippen molar-refractivity contribution in [2.75, 3.05) is 5.32 Å². The van der Waals surface area contributed by atoms with Crippen LogP contribution in [0.2, 0.25) is 0 Å². The standard InChI is InChI=1S/C27H26FN5O2/c1-14-2-4-15(5-3-14)21-11-22(32-24-17-8-6-16(7-9-17)23(24)27(34)35)33-26(31-21)20-13-30-25-19(20)10-18(28)12-29-25/h2-5,10-13,16-17,23-24H,6-9H2,1H3,(H,29,30)(H,34,35)(H,31,32,33). The summed E-state index contributed by atoms with van der Waals surface area (Å²) in [5.41, 5.74) is 3.97. The molecule has 1 aromatic carbocycles. The minimum absolute atomic E-state index is 0.185. The lowest BCUT2D eigenvalue weighted by Crippen LogP contribution is -2.51. The van der Waals surface area contributed by atoms with Gasteiger partial charge in [0.05, 0.1) is 17.8 Å². The van der Waals surface area contributed by atoms with Gasteiger partial charge in [-0.3, -0.25) is 4.79 Å². The van der Waals surface area contributed by atoms with Gasteiger partial charge in [0.2, 0.25) is 0 Å². The van der Waals surface area contributed by atoms with Crippen LogP contribution in [0.5, 0.6) is 0 Å². The van der Waals surface area contributed by atoms with E-state index in [0.717, 1.165) is 36.8 Å². The van der Waals surface area contributed by atoms with Crippen LogP contribution in [0.25, 0.3) is 33.7 Å². The highest BCUT2D eigenvalue weighted by atomic mass is 19.1. The van der Waals surface area contributed by atoms with Crippen LogP contribution in [0.3, 0.4) is 0 Å². The van der Waals surface area contributed by atoms with E-state index in [9.17, 15) is 14.3 Å². The zero-order valence-corrected chi connectivity index (χ0v) is 19.3. The second-order valence-electron chi connectivity index (χ2n) is 9.79. The van der Waals surface area contributed by atoms with Crippen molar-refractivity contribution < 1.29 is 14.3 Å². The van der Waals surface area contributed by atoms with Gasteiger partial charge in [-0.05, 0) is 50.5 Å². The molecule has 3 aliphatic carbocycles. The fraction of sp³-hybridized carbons (Fsp3) is 0.333. The van der Waals surface area contributed by atoms with Crippen LogP contribution in [0.4, 0.5) is 10.2 Å². The normalized spacial score (nSPS) is 23.5. The molecule has 3 fully saturated rings. The molecule has 3 aromatic heterocycles. The number of anilines is 1. The Morgan fingerprint density at radius 1 is 1.09 bits per heavy atom. The monoisotopic (exact) mass is 471 g/mol. The number of carbonyl (C=O) groups is 1. The Bertz CT molecular complexity index is 1410. The third-order valence-corrected chi connectivity index (χ3v) is 7.63. The second-order valence-corrected chi connectivity index (χ2v) is 9.79. The summed E-state index contributed by atoms with van der Waals surface area (Å²) in [6.07, 6.45) is 6.90. The Morgan fingerprint density at radius 2 is 1.83 bits per heavy atom. The van der Waals surface area contributed by atoms with Crippen molar-refractivity contribution in [3.05, 3.63) is 60.2 Å². The Kier molecular flexibility index (Phi) is 5.24. The molecule has 0 spiro atoms. The predicted octanol–water partition coefficient (Wildman–Crippen LogP) is 5.44. The van der Waals surface area contributed by atoms with Crippen molar-refractivity contribution in [1.29, 1.82) is 0 Å². The number of benzene rings is 1. The van der Waals surface area contributed by atoms with Gasteiger partial charge in [-0.15, -0.1) is 0 Å². The minimum Gasteiger partial charge on any atom is -0.481 e. The van der Waals surface area contributed by atoms with Gasteiger partial charge < -0.3 is 15.4 Å². The molecule has 0 radical (unpaired) electrons. The molecule has 8 heteroatoms. The number of halogens is 1. The highest BCUT2D eigenvalue weighted by molar-refractivity contribution is 5.92. The number of aryl methyl sites for hydroxylation is 1. The van der Waals surface area contributed by atoms with Crippen LogP contribution < -0.4 is 5.32 Å². The van der Waals surface area contributed by atoms with E-state index in [1.807, 2.05) is 37.3 Å². The topological polar surface area (TPSA) is 104 Å². The zero-order chi connectivity index (χ0) is 24.1. The number of carboxylic acid groups (broad SMARTS) is 1. The quantitative estimate of drug-likeness (QED) is 0.358. The molecule has 2 unspecified atom stereocenters. The van der Waals surface area contributed by atoms with Crippen LogP contribution in [0, 0.1) is 30.5 Å². The summed E-state index contributed by atoms with van der Waals surface area (Å²) < 4.78 is 14.0. The number of hydrogen-bond acceptors (Lipinski definition) is 5. The first-order chi connectivity index (χ1) is 17.0. The lowest BCUT2D eigenvalue weighted by molar-refractivity contribution is -0.148. The first kappa shape index (κ1) is 21.7. The number of pyridine rings is 1. The molecular weight excluding hydrogens is 445 g/mol. The van der Waals surface area contributed by atoms with Gasteiger partial charge in [-0.2, -0.15) is 0 Å². The van der Waals surface area contributed by atoms with E-state index in [0.29, 0.717) is 39.9 Å². The molecule has 35 heavy (non-hydrogen) atoms. The number of fused-ring (bicyclic) bond motifs is 4. The predicted molar refractivity (Wildman–Crippen MR) is 131 cm³/mol. The number of H-pyrrole nitrogens is 1. The summed E-state index contributed by atoms with van der Waals surface area (Å²) in [5, 5.41) is 14.1. The number of rotatable bonds is 5. The first-order valence-corrected chi connectivity index (χ1v) is 12.0. The minimum atomic E-state index is -0.747. The zero-order valence-electron chi connectivity index (χ0n) is 19.3. The Hall–Kier alpha value is -3.81. The highest BCUT2D eigenvalue weighted by Gasteiger charge is 2.47. The van der Waals surface area contributed by atoms with Crippen molar-refractivity contribution in [2.24, 2.45) is 17.8 Å². The number of aliphatic carboxylic acids is 1. The van der Waals surface area contributed by atoms with Gasteiger partial charge in [0.25, 0.3) is 0 Å². The molecule has 3 saturated carbocycles. The Labute approximate surface area is 201 Å². The third kappa shape index (κ3) is 3.92. The summed E-state index contributed by atoms with van der Waals surface area (Å²) in [5.74, 6) is -0.124. The van der Waals surface area contributed by atoms with Crippen LogP contribution in [0.15, 0.2) is 48.8 Å². The average Bonchev–Trinajstić information content (AvgIpc) is 3.28. The number of aromatic amines is 1. The van der Waals surface area contributed by atoms with E-state index in [1.165, 1.54) is 12.3 Å². The number of nitrogens with one attached hydrogen (secondary N) is 2. The molecule has 4 aromatic rings. The fourth-order valence-corrected chi connectivity index (χ4v) is 5.86. The fourth-order valence-electron chi connectivity index (χ4n) is 5.86. The lowest BCUT2D eigenvalue weighted by Gasteiger charge is -2.47. The average molecular weight is 472 g/mol. The Morgan fingerprint density at radius 3 is 2.57 bits per heavy atom. The van der Waals surface area contributed by atoms with Crippen molar-refractivity contribution in [2.45, 2.75) is 38.6 Å². The van der Waals surface area contributed by atoms with E-state index in [-0.39, 0.29) is 12.0 Å². The van der Waals surface area contributed by atoms with E-state index in [2.05, 4.69) is 15.3 Å². The molecular formula is C27H26FN5O2. The molecule has 2 bridgehead atoms. The second kappa shape index (κ2) is 8.45. The van der Waals surface area contributed by atoms with E-state index in [1.54, 1.807) is 6.20 Å². The van der Waals surface area contributed by atoms with E-state index < -0.39 is 17.7 Å². The van der Waals surface area contributed by atoms with Crippen molar-refractivity contribution in [1.82, 2.24) is 19.9 Å². The summed E-state index contributed by atoms with van der Waals surface area (Å²) in [6.45, 7) is 2.03. The van der Waals surface area contributed by atoms with Gasteiger partial charge in [0.15, 0.2) is 5.82 Å². The van der Waals surface area contributed by atoms with Gasteiger partial charge in [0, 0.05) is 34.8 Å². The largest absolute Gasteiger partial charge is 0.481 e. The lowest BCUT2D eigenvalue weighted by atomic mass is 9.61. The van der Waals surface area contributed by atoms with Crippen molar-refractivity contribution in [3.8, 4) is 22.6 Å². The highest BCUT2D eigenvalue weighted by Crippen LogP contribution is 2.46. The summed E-state index contributed by atoms with van der Waals surface area (Å²) in [7, 11) is 0. The van der Waals surface area contributed by atoms with Crippen LogP contribution in [0.1, 0.15) is 31.2 Å². The summed E-state index contributed by atoms with van der Waals surface area (Å²) in [4.78, 5) is 29.0. The smallest absolute Gasteiger partial charge is 0.308 e. The first-order valence-electron chi connectivity index (χ1n) is 12.0. The van der Waals surface area contributed by atoms with Crippen LogP contribution >= 0.6 is 0 Å². The van der Waals surface area contributed by atoms with E-state index >= 15 is 0 Å². The molecule has 0 saturated heterocycles. The van der Waals surface area contributed by atoms with Crippen molar-refractivity contribution in [3.63, 3.8) is 0 Å². The maximum atomic E-state index is 14.0. The Balaban J connectivity index is 1.46. The molecule has 7 rings (SSSR count). The maximum Gasteiger partial charge on any atom is 0.308 e. The number of hydrogen-bond donors (Lipinski definition) is 3. The summed E-state index contributed by atoms with van der Waals surface area (Å²) in [6, 6.07) is 11.2. The molecule has 3 aliphatic rings. The molecule has 178 valence electrons. The van der Waals surface area contributed by atoms with Crippen LogP contribution in [-0.4, -0.2) is 37.1 Å². The van der Waals surface area contributed by atoms with Gasteiger partial charge >= 0.3 is 5.97 Å². The molecule has 3 N–H and O–H groups in total. The number of aromatic nitrogens is 4. The molecule has 2 atom stereocenters. The molecule has 0 amide bonds. The SMILES string of the molecule is Cc1ccc(-c2cc(NC3C4CCC(CC4)C3C(=O)O)nc(-c3c[nH]c4ncc(F)cc34)n2)cc1. The van der Waals surface area contributed by atoms with Gasteiger partial charge in [-0.25, -0.2) is 19.3 Å². The van der Waals surface area contributed by atoms with Crippen LogP contribution in [-0.2, 0) is 4.79 Å². The molecule has 7 nitrogen and oxygen atoms in total. The summed E-state index contributed by atoms with van der Waals surface area (Å²) >= 11 is 0. The maximum absolute atomic E-state index is 14.0. The molecule has 0 aliphatic heterocycles. The third-order valence-electron chi connectivity index (χ3n) is 7.63. The van der Waals surface area contributed by atoms with E-state index in [4.69, 9.17) is 9.97 Å². The molecule has 3 heterocycles. The number of nitrogens with zero attached hydrogens (tertiary/aromatic N) is 3. The number of carboxylic acids is 1. The van der Waals surface area contributed by atoms with Crippen molar-refractivity contribution >= 4 is 22.8 Å². The van der Waals surface area contributed by atoms with Gasteiger partial charge in [0.1, 0.15) is 17.3 Å².